The molecule has 7 heteroatoms. The third kappa shape index (κ3) is 3.20. The van der Waals surface area contributed by atoms with Gasteiger partial charge in [-0.3, -0.25) is 0 Å². The van der Waals surface area contributed by atoms with Gasteiger partial charge >= 0.3 is 8.53 Å². The molecule has 2 N–H and O–H groups in total. The SMILES string of the molecule is CCOP(/N=c1/[nH]c2cccc(Br)c2[nH]1)OCC. The molecule has 2 aromatic rings. The fourth-order valence-electron chi connectivity index (χ4n) is 1.48. The Hall–Kier alpha value is -0.680. The molecule has 1 aromatic heterocycles. The molecule has 0 amide bonds. The predicted molar refractivity (Wildman–Crippen MR) is 76.1 cm³/mol. The highest BCUT2D eigenvalue weighted by atomic mass is 79.9. The number of imidazole rings is 1. The number of fused-ring (bicyclic) bond motifs is 1. The van der Waals surface area contributed by atoms with Crippen molar-refractivity contribution in [2.45, 2.75) is 13.8 Å². The molecule has 0 bridgehead atoms. The van der Waals surface area contributed by atoms with Gasteiger partial charge in [0.1, 0.15) is 0 Å². The van der Waals surface area contributed by atoms with Crippen molar-refractivity contribution in [3.63, 3.8) is 0 Å². The van der Waals surface area contributed by atoms with Crippen LogP contribution in [0.2, 0.25) is 0 Å². The largest absolute Gasteiger partial charge is 0.324 e. The summed E-state index contributed by atoms with van der Waals surface area (Å²) in [6.45, 7) is 5.02. The summed E-state index contributed by atoms with van der Waals surface area (Å²) < 4.78 is 16.3. The number of halogens is 1. The molecule has 0 radical (unpaired) electrons. The van der Waals surface area contributed by atoms with Gasteiger partial charge in [0.25, 0.3) is 0 Å². The monoisotopic (exact) mass is 331 g/mol. The van der Waals surface area contributed by atoms with E-state index in [1.54, 1.807) is 0 Å². The van der Waals surface area contributed by atoms with E-state index in [9.17, 15) is 0 Å². The van der Waals surface area contributed by atoms with E-state index < -0.39 is 8.53 Å². The molecule has 0 spiro atoms. The van der Waals surface area contributed by atoms with E-state index >= 15 is 0 Å². The Morgan fingerprint density at radius 1 is 1.22 bits per heavy atom. The first-order chi connectivity index (χ1) is 8.74. The molecule has 0 aliphatic carbocycles. The van der Waals surface area contributed by atoms with Crippen LogP contribution in [0.4, 0.5) is 0 Å². The molecule has 98 valence electrons. The van der Waals surface area contributed by atoms with Crippen molar-refractivity contribution in [3.05, 3.63) is 28.3 Å². The second kappa shape index (κ2) is 6.48. The first-order valence-electron chi connectivity index (χ1n) is 5.71. The summed E-state index contributed by atoms with van der Waals surface area (Å²) in [5.74, 6) is 0. The van der Waals surface area contributed by atoms with Gasteiger partial charge in [-0.05, 0) is 41.9 Å². The van der Waals surface area contributed by atoms with Gasteiger partial charge in [0.05, 0.1) is 24.2 Å². The predicted octanol–water partition coefficient (Wildman–Crippen LogP) is 3.46. The molecular formula is C11H15BrN3O2P. The van der Waals surface area contributed by atoms with E-state index in [0.717, 1.165) is 15.5 Å². The number of para-hydroxylation sites is 1. The van der Waals surface area contributed by atoms with Crippen LogP contribution in [0.5, 0.6) is 0 Å². The third-order valence-electron chi connectivity index (χ3n) is 2.17. The maximum Gasteiger partial charge on any atom is 0.313 e. The Bertz CT molecular complexity index is 575. The maximum absolute atomic E-state index is 5.44. The molecule has 0 atom stereocenters. The number of hydrogen-bond donors (Lipinski definition) is 2. The topological polar surface area (TPSA) is 62.4 Å². The van der Waals surface area contributed by atoms with Gasteiger partial charge in [-0.1, -0.05) is 6.07 Å². The molecule has 18 heavy (non-hydrogen) atoms. The fraction of sp³-hybridized carbons (Fsp3) is 0.364. The second-order valence-electron chi connectivity index (χ2n) is 3.43. The zero-order chi connectivity index (χ0) is 13.0. The Balaban J connectivity index is 2.36. The summed E-state index contributed by atoms with van der Waals surface area (Å²) >= 11 is 3.49. The van der Waals surface area contributed by atoms with E-state index in [1.165, 1.54) is 0 Å². The number of aromatic amines is 2. The highest BCUT2D eigenvalue weighted by molar-refractivity contribution is 9.10. The average Bonchev–Trinajstić information content (AvgIpc) is 2.74. The summed E-state index contributed by atoms with van der Waals surface area (Å²) in [6, 6.07) is 5.93. The zero-order valence-electron chi connectivity index (χ0n) is 10.2. The fourth-order valence-corrected chi connectivity index (χ4v) is 2.84. The minimum atomic E-state index is -1.24. The van der Waals surface area contributed by atoms with Crippen molar-refractivity contribution >= 4 is 35.5 Å². The van der Waals surface area contributed by atoms with Gasteiger partial charge in [0.2, 0.25) is 5.62 Å². The van der Waals surface area contributed by atoms with Gasteiger partial charge in [-0.25, -0.2) is 0 Å². The van der Waals surface area contributed by atoms with Crippen molar-refractivity contribution < 1.29 is 9.05 Å². The van der Waals surface area contributed by atoms with Crippen molar-refractivity contribution in [1.29, 1.82) is 0 Å². The summed E-state index contributed by atoms with van der Waals surface area (Å²) in [7, 11) is -1.24. The molecule has 0 unspecified atom stereocenters. The Morgan fingerprint density at radius 2 is 1.94 bits per heavy atom. The summed E-state index contributed by atoms with van der Waals surface area (Å²) in [5.41, 5.74) is 2.63. The minimum Gasteiger partial charge on any atom is -0.324 e. The first-order valence-corrected chi connectivity index (χ1v) is 7.64. The van der Waals surface area contributed by atoms with Crippen LogP contribution in [0.1, 0.15) is 13.8 Å². The van der Waals surface area contributed by atoms with E-state index in [4.69, 9.17) is 9.05 Å². The normalized spacial score (nSPS) is 12.8. The van der Waals surface area contributed by atoms with Crippen LogP contribution < -0.4 is 5.62 Å². The lowest BCUT2D eigenvalue weighted by atomic mass is 10.3. The molecule has 2 rings (SSSR count). The minimum absolute atomic E-state index is 0.582. The highest BCUT2D eigenvalue weighted by Crippen LogP contribution is 2.38. The standard InChI is InChI=1S/C11H15BrN3O2P/c1-3-16-18(17-4-2)15-11-13-9-7-5-6-8(12)10(9)14-11/h5-7H,3-4H2,1-2H3,(H2,13,14,15). The molecule has 0 saturated heterocycles. The second-order valence-corrected chi connectivity index (χ2v) is 5.48. The van der Waals surface area contributed by atoms with Crippen molar-refractivity contribution in [2.24, 2.45) is 4.76 Å². The summed E-state index contributed by atoms with van der Waals surface area (Å²) in [5, 5.41) is 0. The molecular weight excluding hydrogens is 317 g/mol. The molecule has 1 heterocycles. The lowest BCUT2D eigenvalue weighted by Crippen LogP contribution is -2.05. The number of nitrogens with one attached hydrogen (secondary N) is 2. The summed E-state index contributed by atoms with van der Waals surface area (Å²) in [4.78, 5) is 6.39. The number of aromatic nitrogens is 2. The molecule has 1 aromatic carbocycles. The Labute approximate surface area is 115 Å². The molecule has 0 aliphatic rings. The smallest absolute Gasteiger partial charge is 0.313 e. The van der Waals surface area contributed by atoms with Crippen LogP contribution in [-0.2, 0) is 9.05 Å². The summed E-state index contributed by atoms with van der Waals surface area (Å²) in [6.07, 6.45) is 0. The highest BCUT2D eigenvalue weighted by Gasteiger charge is 2.08. The number of hydrogen-bond acceptors (Lipinski definition) is 3. The zero-order valence-corrected chi connectivity index (χ0v) is 12.7. The van der Waals surface area contributed by atoms with Crippen LogP contribution in [-0.4, -0.2) is 23.2 Å². The van der Waals surface area contributed by atoms with Crippen LogP contribution in [0, 0.1) is 0 Å². The molecule has 0 fully saturated rings. The van der Waals surface area contributed by atoms with Crippen LogP contribution in [0.15, 0.2) is 27.4 Å². The van der Waals surface area contributed by atoms with Gasteiger partial charge in [-0.15, -0.1) is 0 Å². The number of H-pyrrole nitrogens is 2. The van der Waals surface area contributed by atoms with Crippen LogP contribution in [0.3, 0.4) is 0 Å². The van der Waals surface area contributed by atoms with E-state index in [-0.39, 0.29) is 0 Å². The Kier molecular flexibility index (Phi) is 4.95. The molecule has 0 aliphatic heterocycles. The van der Waals surface area contributed by atoms with E-state index in [1.807, 2.05) is 32.0 Å². The van der Waals surface area contributed by atoms with Gasteiger partial charge in [0, 0.05) is 4.47 Å². The number of nitrogens with zero attached hydrogens (tertiary/aromatic N) is 1. The average molecular weight is 332 g/mol. The van der Waals surface area contributed by atoms with E-state index in [0.29, 0.717) is 18.8 Å². The maximum atomic E-state index is 5.44. The van der Waals surface area contributed by atoms with E-state index in [2.05, 4.69) is 30.7 Å². The van der Waals surface area contributed by atoms with Gasteiger partial charge in [-0.2, -0.15) is 4.76 Å². The van der Waals surface area contributed by atoms with Crippen molar-refractivity contribution in [1.82, 2.24) is 9.97 Å². The van der Waals surface area contributed by atoms with Crippen molar-refractivity contribution in [3.8, 4) is 0 Å². The Morgan fingerprint density at radius 3 is 2.56 bits per heavy atom. The number of rotatable bonds is 5. The third-order valence-corrected chi connectivity index (χ3v) is 4.15. The van der Waals surface area contributed by atoms with Gasteiger partial charge < -0.3 is 19.0 Å². The first kappa shape index (κ1) is 13.7. The lowest BCUT2D eigenvalue weighted by Gasteiger charge is -2.07. The van der Waals surface area contributed by atoms with Crippen molar-refractivity contribution in [2.75, 3.05) is 13.2 Å². The lowest BCUT2D eigenvalue weighted by molar-refractivity contribution is 0.269. The molecule has 0 saturated carbocycles. The van der Waals surface area contributed by atoms with Gasteiger partial charge in [0.15, 0.2) is 0 Å². The quantitative estimate of drug-likeness (QED) is 0.824. The van der Waals surface area contributed by atoms with Crippen LogP contribution in [0.25, 0.3) is 11.0 Å². The molecule has 5 nitrogen and oxygen atoms in total. The van der Waals surface area contributed by atoms with Crippen LogP contribution >= 0.6 is 24.5 Å². The number of benzene rings is 1.